The first kappa shape index (κ1) is 17.9. The molecule has 0 amide bonds. The van der Waals surface area contributed by atoms with E-state index in [1.807, 2.05) is 6.08 Å². The average molecular weight is 294 g/mol. The van der Waals surface area contributed by atoms with Crippen molar-refractivity contribution in [3.05, 3.63) is 12.7 Å². The SMILES string of the molecule is C=CCCCCCCCCCC1CC1(C(C)=O)C(=O)OC. The second-order valence-electron chi connectivity index (χ2n) is 6.26. The van der Waals surface area contributed by atoms with E-state index < -0.39 is 5.41 Å². The largest absolute Gasteiger partial charge is 0.468 e. The van der Waals surface area contributed by atoms with Crippen molar-refractivity contribution in [2.75, 3.05) is 7.11 Å². The summed E-state index contributed by atoms with van der Waals surface area (Å²) in [6.07, 6.45) is 13.5. The van der Waals surface area contributed by atoms with Crippen molar-refractivity contribution in [1.29, 1.82) is 0 Å². The third-order valence-electron chi connectivity index (χ3n) is 4.74. The maximum Gasteiger partial charge on any atom is 0.319 e. The zero-order chi connectivity index (χ0) is 15.7. The van der Waals surface area contributed by atoms with E-state index in [0.717, 1.165) is 19.3 Å². The lowest BCUT2D eigenvalue weighted by Crippen LogP contribution is -2.27. The van der Waals surface area contributed by atoms with Gasteiger partial charge in [-0.1, -0.05) is 44.6 Å². The Labute approximate surface area is 129 Å². The summed E-state index contributed by atoms with van der Waals surface area (Å²) >= 11 is 0. The zero-order valence-electron chi connectivity index (χ0n) is 13.7. The molecule has 1 rings (SSSR count). The number of Topliss-reactive ketones (excluding diaryl/α,β-unsaturated/α-hetero) is 1. The topological polar surface area (TPSA) is 43.4 Å². The van der Waals surface area contributed by atoms with Crippen LogP contribution in [-0.4, -0.2) is 18.9 Å². The highest BCUT2D eigenvalue weighted by Gasteiger charge is 2.63. The molecule has 0 aliphatic heterocycles. The van der Waals surface area contributed by atoms with Gasteiger partial charge in [0.25, 0.3) is 0 Å². The number of ketones is 1. The van der Waals surface area contributed by atoms with Gasteiger partial charge in [-0.25, -0.2) is 0 Å². The van der Waals surface area contributed by atoms with Gasteiger partial charge in [0.05, 0.1) is 7.11 Å². The van der Waals surface area contributed by atoms with Crippen molar-refractivity contribution >= 4 is 11.8 Å². The summed E-state index contributed by atoms with van der Waals surface area (Å²) in [6.45, 7) is 5.24. The van der Waals surface area contributed by atoms with Crippen molar-refractivity contribution in [3.8, 4) is 0 Å². The maximum atomic E-state index is 11.8. The minimum Gasteiger partial charge on any atom is -0.468 e. The first-order chi connectivity index (χ1) is 10.1. The van der Waals surface area contributed by atoms with Crippen LogP contribution in [0.1, 0.15) is 71.1 Å². The van der Waals surface area contributed by atoms with E-state index in [0.29, 0.717) is 6.42 Å². The molecule has 2 unspecified atom stereocenters. The fourth-order valence-corrected chi connectivity index (χ4v) is 3.25. The lowest BCUT2D eigenvalue weighted by Gasteiger charge is -2.11. The van der Waals surface area contributed by atoms with Gasteiger partial charge in [-0.15, -0.1) is 6.58 Å². The highest BCUT2D eigenvalue weighted by molar-refractivity contribution is 6.06. The molecule has 0 aromatic rings. The standard InChI is InChI=1S/C18H30O3/c1-4-5-6-7-8-9-10-11-12-13-16-14-18(16,15(2)19)17(20)21-3/h4,16H,1,5-14H2,2-3H3. The molecule has 1 saturated carbocycles. The monoisotopic (exact) mass is 294 g/mol. The van der Waals surface area contributed by atoms with Crippen molar-refractivity contribution in [3.63, 3.8) is 0 Å². The van der Waals surface area contributed by atoms with Crippen LogP contribution >= 0.6 is 0 Å². The van der Waals surface area contributed by atoms with Gasteiger partial charge in [-0.2, -0.15) is 0 Å². The highest BCUT2D eigenvalue weighted by atomic mass is 16.5. The number of esters is 1. The molecule has 0 saturated heterocycles. The lowest BCUT2D eigenvalue weighted by molar-refractivity contribution is -0.151. The fourth-order valence-electron chi connectivity index (χ4n) is 3.25. The number of methoxy groups -OCH3 is 1. The molecule has 0 heterocycles. The summed E-state index contributed by atoms with van der Waals surface area (Å²) in [5.74, 6) is -0.140. The summed E-state index contributed by atoms with van der Waals surface area (Å²) in [4.78, 5) is 23.4. The Bertz CT molecular complexity index is 361. The number of hydrogen-bond acceptors (Lipinski definition) is 3. The zero-order valence-corrected chi connectivity index (χ0v) is 13.7. The molecule has 3 heteroatoms. The van der Waals surface area contributed by atoms with Crippen molar-refractivity contribution in [1.82, 2.24) is 0 Å². The third-order valence-corrected chi connectivity index (χ3v) is 4.74. The van der Waals surface area contributed by atoms with E-state index in [2.05, 4.69) is 6.58 Å². The van der Waals surface area contributed by atoms with E-state index in [1.54, 1.807) is 0 Å². The summed E-state index contributed by atoms with van der Waals surface area (Å²) in [7, 11) is 1.37. The van der Waals surface area contributed by atoms with Crippen LogP contribution in [0, 0.1) is 11.3 Å². The molecule has 0 aromatic heterocycles. The molecule has 120 valence electrons. The van der Waals surface area contributed by atoms with Crippen LogP contribution in [0.3, 0.4) is 0 Å². The first-order valence-electron chi connectivity index (χ1n) is 8.30. The molecule has 3 nitrogen and oxygen atoms in total. The first-order valence-corrected chi connectivity index (χ1v) is 8.30. The van der Waals surface area contributed by atoms with Gasteiger partial charge in [-0.05, 0) is 38.5 Å². The van der Waals surface area contributed by atoms with Crippen LogP contribution in [0.15, 0.2) is 12.7 Å². The van der Waals surface area contributed by atoms with Gasteiger partial charge in [0, 0.05) is 0 Å². The molecule has 2 atom stereocenters. The van der Waals surface area contributed by atoms with Gasteiger partial charge in [0.15, 0.2) is 0 Å². The van der Waals surface area contributed by atoms with Gasteiger partial charge >= 0.3 is 5.97 Å². The lowest BCUT2D eigenvalue weighted by atomic mass is 9.96. The van der Waals surface area contributed by atoms with E-state index in [-0.39, 0.29) is 17.7 Å². The van der Waals surface area contributed by atoms with E-state index in [9.17, 15) is 9.59 Å². The number of unbranched alkanes of at least 4 members (excludes halogenated alkanes) is 7. The molecule has 0 aromatic carbocycles. The number of allylic oxidation sites excluding steroid dienone is 1. The highest BCUT2D eigenvalue weighted by Crippen LogP contribution is 2.56. The summed E-state index contributed by atoms with van der Waals surface area (Å²) in [6, 6.07) is 0. The average Bonchev–Trinajstić information content (AvgIpc) is 3.20. The molecule has 0 radical (unpaired) electrons. The molecule has 0 bridgehead atoms. The summed E-state index contributed by atoms with van der Waals surface area (Å²) in [5, 5.41) is 0. The number of ether oxygens (including phenoxy) is 1. The van der Waals surface area contributed by atoms with Gasteiger partial charge in [0.1, 0.15) is 11.2 Å². The van der Waals surface area contributed by atoms with Crippen LogP contribution < -0.4 is 0 Å². The predicted octanol–water partition coefficient (Wildman–Crippen LogP) is 4.45. The van der Waals surface area contributed by atoms with Gasteiger partial charge in [0.2, 0.25) is 0 Å². The Hall–Kier alpha value is -1.12. The summed E-state index contributed by atoms with van der Waals surface area (Å²) < 4.78 is 4.79. The molecular weight excluding hydrogens is 264 g/mol. The third kappa shape index (κ3) is 4.98. The number of carbonyl (C=O) groups is 2. The van der Waals surface area contributed by atoms with E-state index in [1.165, 1.54) is 52.6 Å². The normalized spacial score (nSPS) is 23.6. The van der Waals surface area contributed by atoms with Crippen LogP contribution in [0.4, 0.5) is 0 Å². The molecule has 1 aliphatic rings. The molecule has 0 N–H and O–H groups in total. The molecule has 21 heavy (non-hydrogen) atoms. The number of carbonyl (C=O) groups excluding carboxylic acids is 2. The maximum absolute atomic E-state index is 11.8. The van der Waals surface area contributed by atoms with Crippen molar-refractivity contribution < 1.29 is 14.3 Å². The van der Waals surface area contributed by atoms with Gasteiger partial charge < -0.3 is 4.74 Å². The number of hydrogen-bond donors (Lipinski definition) is 0. The second kappa shape index (κ2) is 9.01. The molecular formula is C18H30O3. The molecule has 1 fully saturated rings. The molecule has 1 aliphatic carbocycles. The fraction of sp³-hybridized carbons (Fsp3) is 0.778. The Balaban J connectivity index is 2.08. The number of rotatable bonds is 12. The predicted molar refractivity (Wildman–Crippen MR) is 85.0 cm³/mol. The molecule has 0 spiro atoms. The van der Waals surface area contributed by atoms with Crippen LogP contribution in [-0.2, 0) is 14.3 Å². The minimum absolute atomic E-state index is 0.0263. The summed E-state index contributed by atoms with van der Waals surface area (Å²) in [5.41, 5.74) is -0.792. The second-order valence-corrected chi connectivity index (χ2v) is 6.26. The Morgan fingerprint density at radius 1 is 1.14 bits per heavy atom. The van der Waals surface area contributed by atoms with Crippen molar-refractivity contribution in [2.24, 2.45) is 11.3 Å². The van der Waals surface area contributed by atoms with E-state index >= 15 is 0 Å². The Morgan fingerprint density at radius 2 is 1.71 bits per heavy atom. The minimum atomic E-state index is -0.792. The van der Waals surface area contributed by atoms with Crippen LogP contribution in [0.25, 0.3) is 0 Å². The Morgan fingerprint density at radius 3 is 2.24 bits per heavy atom. The van der Waals surface area contributed by atoms with Crippen molar-refractivity contribution in [2.45, 2.75) is 71.1 Å². The quantitative estimate of drug-likeness (QED) is 0.231. The van der Waals surface area contributed by atoms with E-state index in [4.69, 9.17) is 4.74 Å². The van der Waals surface area contributed by atoms with Gasteiger partial charge in [-0.3, -0.25) is 9.59 Å². The van der Waals surface area contributed by atoms with Crippen LogP contribution in [0.5, 0.6) is 0 Å². The smallest absolute Gasteiger partial charge is 0.319 e. The Kier molecular flexibility index (Phi) is 7.69. The van der Waals surface area contributed by atoms with Crippen LogP contribution in [0.2, 0.25) is 0 Å².